The maximum Gasteiger partial charge on any atom is 0.573 e. The third-order valence-corrected chi connectivity index (χ3v) is 7.74. The lowest BCUT2D eigenvalue weighted by atomic mass is 10.1. The van der Waals surface area contributed by atoms with Crippen LogP contribution in [0.1, 0.15) is 31.7 Å². The normalized spacial score (nSPS) is 26.6. The van der Waals surface area contributed by atoms with E-state index >= 15 is 0 Å². The number of rotatable bonds is 3. The van der Waals surface area contributed by atoms with E-state index in [1.165, 1.54) is 12.1 Å². The number of nitrogens with zero attached hydrogens (tertiary/aromatic N) is 2. The first-order valence-electron chi connectivity index (χ1n) is 8.99. The highest BCUT2D eigenvalue weighted by Crippen LogP contribution is 2.45. The number of ether oxygens (including phenoxy) is 1. The Bertz CT molecular complexity index is 868. The summed E-state index contributed by atoms with van der Waals surface area (Å²) in [6.45, 7) is 4.01. The summed E-state index contributed by atoms with van der Waals surface area (Å²) in [6, 6.07) is 6.04. The van der Waals surface area contributed by atoms with Crippen LogP contribution in [0.3, 0.4) is 0 Å². The van der Waals surface area contributed by atoms with E-state index in [4.69, 9.17) is 0 Å². The Balaban J connectivity index is 1.68. The van der Waals surface area contributed by atoms with Gasteiger partial charge in [-0.15, -0.1) is 13.2 Å². The van der Waals surface area contributed by atoms with E-state index in [9.17, 15) is 21.6 Å². The summed E-state index contributed by atoms with van der Waals surface area (Å²) in [7, 11) is -1.57. The van der Waals surface area contributed by atoms with Crippen LogP contribution in [0.5, 0.6) is 5.75 Å². The fourth-order valence-electron chi connectivity index (χ4n) is 3.49. The van der Waals surface area contributed by atoms with Crippen molar-refractivity contribution >= 4 is 15.8 Å². The molecule has 6 nitrogen and oxygen atoms in total. The van der Waals surface area contributed by atoms with Gasteiger partial charge in [-0.1, -0.05) is 18.2 Å². The molecule has 2 atom stereocenters. The molecule has 1 aliphatic heterocycles. The highest BCUT2D eigenvalue weighted by atomic mass is 32.2. The van der Waals surface area contributed by atoms with E-state index in [1.807, 2.05) is 4.90 Å². The van der Waals surface area contributed by atoms with E-state index < -0.39 is 20.9 Å². The van der Waals surface area contributed by atoms with Gasteiger partial charge in [0.1, 0.15) is 5.75 Å². The molecular formula is C18H24F3N3O3S. The molecule has 3 rings (SSSR count). The molecule has 1 heterocycles. The van der Waals surface area contributed by atoms with Crippen LogP contribution in [-0.4, -0.2) is 62.3 Å². The minimum absolute atomic E-state index is 0.0387. The van der Waals surface area contributed by atoms with Crippen molar-refractivity contribution in [3.8, 4) is 5.75 Å². The Morgan fingerprint density at radius 1 is 1.32 bits per heavy atom. The number of hydrogen-bond acceptors (Lipinski definition) is 4. The fourth-order valence-corrected chi connectivity index (χ4v) is 4.86. The Morgan fingerprint density at radius 3 is 2.61 bits per heavy atom. The second-order valence-electron chi connectivity index (χ2n) is 7.73. The number of halogens is 3. The van der Waals surface area contributed by atoms with Crippen molar-refractivity contribution in [3.63, 3.8) is 0 Å². The summed E-state index contributed by atoms with van der Waals surface area (Å²) in [5.74, 6) is 0.280. The molecule has 1 aromatic rings. The van der Waals surface area contributed by atoms with Crippen LogP contribution in [0.4, 0.5) is 13.2 Å². The maximum absolute atomic E-state index is 12.6. The Labute approximate surface area is 162 Å². The highest BCUT2D eigenvalue weighted by Gasteiger charge is 2.45. The first kappa shape index (κ1) is 20.8. The van der Waals surface area contributed by atoms with Crippen LogP contribution in [0.2, 0.25) is 0 Å². The molecule has 2 fully saturated rings. The van der Waals surface area contributed by atoms with Gasteiger partial charge >= 0.3 is 6.36 Å². The fraction of sp³-hybridized carbons (Fsp3) is 0.611. The number of nitrogens with one attached hydrogen (secondary N) is 1. The quantitative estimate of drug-likeness (QED) is 0.602. The lowest BCUT2D eigenvalue weighted by Crippen LogP contribution is -2.57. The first-order chi connectivity index (χ1) is 12.9. The van der Waals surface area contributed by atoms with Crippen LogP contribution in [0, 0.1) is 0 Å². The van der Waals surface area contributed by atoms with Gasteiger partial charge in [0.25, 0.3) is 0 Å². The van der Waals surface area contributed by atoms with Gasteiger partial charge in [0.05, 0.1) is 10.5 Å². The topological polar surface area (TPSA) is 71.0 Å². The summed E-state index contributed by atoms with van der Waals surface area (Å²) < 4.78 is 65.5. The van der Waals surface area contributed by atoms with Gasteiger partial charge in [0, 0.05) is 32.1 Å². The summed E-state index contributed by atoms with van der Waals surface area (Å²) in [5.41, 5.74) is 0.495. The number of benzene rings is 1. The van der Waals surface area contributed by atoms with Crippen molar-refractivity contribution in [2.45, 2.75) is 43.3 Å². The van der Waals surface area contributed by atoms with E-state index in [0.29, 0.717) is 31.0 Å². The summed E-state index contributed by atoms with van der Waals surface area (Å²) in [5, 5.41) is 3.26. The number of alkyl halides is 3. The Kier molecular flexibility index (Phi) is 5.28. The predicted octanol–water partition coefficient (Wildman–Crippen LogP) is 2.53. The first-order valence-corrected chi connectivity index (χ1v) is 10.6. The molecule has 156 valence electrons. The standard InChI is InChI=1S/C18H24F3N3O3S/c1-17(2)11-24(8-9-28(17,25)26)16(22-3)23-14-10-13(14)12-6-4-5-7-15(12)27-18(19,20)21/h4-7,13-14H,8-11H2,1-3H3,(H,22,23). The van der Waals surface area contributed by atoms with Crippen LogP contribution >= 0.6 is 0 Å². The average molecular weight is 419 g/mol. The van der Waals surface area contributed by atoms with E-state index in [2.05, 4.69) is 15.0 Å². The highest BCUT2D eigenvalue weighted by molar-refractivity contribution is 7.92. The van der Waals surface area contributed by atoms with E-state index in [-0.39, 0.29) is 23.5 Å². The molecule has 1 aliphatic carbocycles. The third kappa shape index (κ3) is 4.37. The molecule has 0 amide bonds. The molecule has 2 unspecified atom stereocenters. The van der Waals surface area contributed by atoms with Crippen LogP contribution in [0.15, 0.2) is 29.3 Å². The lowest BCUT2D eigenvalue weighted by molar-refractivity contribution is -0.274. The molecule has 0 bridgehead atoms. The molecule has 0 aromatic heterocycles. The van der Waals surface area contributed by atoms with E-state index in [1.54, 1.807) is 33.0 Å². The zero-order chi connectivity index (χ0) is 20.7. The monoisotopic (exact) mass is 419 g/mol. The van der Waals surface area contributed by atoms with Gasteiger partial charge in [-0.3, -0.25) is 4.99 Å². The van der Waals surface area contributed by atoms with Crippen LogP contribution in [0.25, 0.3) is 0 Å². The van der Waals surface area contributed by atoms with Crippen molar-refractivity contribution in [1.29, 1.82) is 0 Å². The predicted molar refractivity (Wildman–Crippen MR) is 100 cm³/mol. The molecule has 2 aliphatic rings. The minimum atomic E-state index is -4.74. The molecule has 10 heteroatoms. The Hall–Kier alpha value is -1.97. The molecule has 0 spiro atoms. The molecule has 1 saturated carbocycles. The van der Waals surface area contributed by atoms with Crippen molar-refractivity contribution in [1.82, 2.24) is 10.2 Å². The van der Waals surface area contributed by atoms with Crippen molar-refractivity contribution < 1.29 is 26.3 Å². The molecule has 1 aromatic carbocycles. The van der Waals surface area contributed by atoms with Crippen molar-refractivity contribution in [2.75, 3.05) is 25.9 Å². The molecule has 1 saturated heterocycles. The van der Waals surface area contributed by atoms with E-state index in [0.717, 1.165) is 0 Å². The zero-order valence-electron chi connectivity index (χ0n) is 16.0. The molecular weight excluding hydrogens is 395 g/mol. The zero-order valence-corrected chi connectivity index (χ0v) is 16.8. The number of hydrogen-bond donors (Lipinski definition) is 1. The number of guanidine groups is 1. The maximum atomic E-state index is 12.6. The number of aliphatic imine (C=N–C) groups is 1. The Morgan fingerprint density at radius 2 is 2.00 bits per heavy atom. The molecule has 28 heavy (non-hydrogen) atoms. The summed E-state index contributed by atoms with van der Waals surface area (Å²) >= 11 is 0. The SMILES string of the molecule is CN=C(NC1CC1c1ccccc1OC(F)(F)F)N1CCS(=O)(=O)C(C)(C)C1. The van der Waals surface area contributed by atoms with Gasteiger partial charge in [0.2, 0.25) is 0 Å². The van der Waals surface area contributed by atoms with Crippen molar-refractivity contribution in [3.05, 3.63) is 29.8 Å². The van der Waals surface area contributed by atoms with Gasteiger partial charge in [0.15, 0.2) is 15.8 Å². The largest absolute Gasteiger partial charge is 0.573 e. The van der Waals surface area contributed by atoms with Gasteiger partial charge in [-0.05, 0) is 31.9 Å². The molecule has 1 N–H and O–H groups in total. The number of para-hydroxylation sites is 1. The van der Waals surface area contributed by atoms with Gasteiger partial charge in [-0.2, -0.15) is 0 Å². The minimum Gasteiger partial charge on any atom is -0.405 e. The van der Waals surface area contributed by atoms with Crippen LogP contribution < -0.4 is 10.1 Å². The third-order valence-electron chi connectivity index (χ3n) is 5.20. The second kappa shape index (κ2) is 7.13. The van der Waals surface area contributed by atoms with Gasteiger partial charge in [-0.25, -0.2) is 8.42 Å². The average Bonchev–Trinajstić information content (AvgIpc) is 3.33. The smallest absolute Gasteiger partial charge is 0.405 e. The van der Waals surface area contributed by atoms with Crippen LogP contribution in [-0.2, 0) is 9.84 Å². The van der Waals surface area contributed by atoms with Crippen molar-refractivity contribution in [2.24, 2.45) is 4.99 Å². The van der Waals surface area contributed by atoms with Gasteiger partial charge < -0.3 is 15.0 Å². The summed E-state index contributed by atoms with van der Waals surface area (Å²) in [6.07, 6.45) is -4.10. The molecule has 0 radical (unpaired) electrons. The second-order valence-corrected chi connectivity index (χ2v) is 10.5. The lowest BCUT2D eigenvalue weighted by Gasteiger charge is -2.39. The summed E-state index contributed by atoms with van der Waals surface area (Å²) in [4.78, 5) is 6.12. The number of sulfone groups is 1.